The molecule has 0 bridgehead atoms. The predicted octanol–water partition coefficient (Wildman–Crippen LogP) is 3.67. The summed E-state index contributed by atoms with van der Waals surface area (Å²) in [6.07, 6.45) is 5.75. The van der Waals surface area contributed by atoms with Crippen LogP contribution in [0.4, 0.5) is 0 Å². The van der Waals surface area contributed by atoms with Crippen molar-refractivity contribution in [3.63, 3.8) is 0 Å². The molecule has 1 aliphatic carbocycles. The van der Waals surface area contributed by atoms with Gasteiger partial charge in [-0.3, -0.25) is 9.20 Å². The number of carboxylic acid groups (broad SMARTS) is 1. The Bertz CT molecular complexity index is 1140. The molecule has 0 amide bonds. The zero-order chi connectivity index (χ0) is 19.7. The van der Waals surface area contributed by atoms with Gasteiger partial charge in [0.25, 0.3) is 5.56 Å². The van der Waals surface area contributed by atoms with Crippen molar-refractivity contribution in [1.29, 1.82) is 0 Å². The van der Waals surface area contributed by atoms with Crippen LogP contribution in [0.1, 0.15) is 46.9 Å². The number of aromatic carboxylic acids is 1. The van der Waals surface area contributed by atoms with E-state index in [0.29, 0.717) is 29.9 Å². The van der Waals surface area contributed by atoms with Gasteiger partial charge in [0.15, 0.2) is 0 Å². The van der Waals surface area contributed by atoms with Gasteiger partial charge >= 0.3 is 5.97 Å². The lowest BCUT2D eigenvalue weighted by molar-refractivity contribution is 0.0696. The summed E-state index contributed by atoms with van der Waals surface area (Å²) in [5, 5.41) is 9.18. The maximum Gasteiger partial charge on any atom is 0.337 e. The molecule has 0 unspecified atom stereocenters. The number of allylic oxidation sites excluding steroid dienone is 1. The summed E-state index contributed by atoms with van der Waals surface area (Å²) in [7, 11) is 0. The summed E-state index contributed by atoms with van der Waals surface area (Å²) >= 11 is 0. The van der Waals surface area contributed by atoms with E-state index in [1.54, 1.807) is 6.07 Å². The van der Waals surface area contributed by atoms with Crippen LogP contribution in [-0.2, 0) is 6.42 Å². The van der Waals surface area contributed by atoms with Gasteiger partial charge in [0, 0.05) is 11.8 Å². The molecule has 3 aromatic rings. The van der Waals surface area contributed by atoms with Gasteiger partial charge in [0.2, 0.25) is 0 Å². The molecule has 0 radical (unpaired) electrons. The number of aromatic nitrogens is 2. The summed E-state index contributed by atoms with van der Waals surface area (Å²) in [4.78, 5) is 28.8. The molecule has 0 spiro atoms. The second-order valence-electron chi connectivity index (χ2n) is 6.72. The molecule has 1 aliphatic rings. The summed E-state index contributed by atoms with van der Waals surface area (Å²) in [6, 6.07) is 10.9. The molecule has 0 atom stereocenters. The van der Waals surface area contributed by atoms with Crippen LogP contribution < -0.4 is 10.3 Å². The van der Waals surface area contributed by atoms with Crippen molar-refractivity contribution in [2.45, 2.75) is 26.2 Å². The van der Waals surface area contributed by atoms with Crippen LogP contribution in [0.2, 0.25) is 0 Å². The minimum Gasteiger partial charge on any atom is -0.494 e. The van der Waals surface area contributed by atoms with Gasteiger partial charge in [-0.2, -0.15) is 0 Å². The van der Waals surface area contributed by atoms with Crippen LogP contribution in [-0.4, -0.2) is 27.1 Å². The molecule has 6 heteroatoms. The fourth-order valence-corrected chi connectivity index (χ4v) is 3.54. The number of hydrogen-bond acceptors (Lipinski definition) is 4. The smallest absolute Gasteiger partial charge is 0.337 e. The van der Waals surface area contributed by atoms with Crippen LogP contribution in [0.3, 0.4) is 0 Å². The molecular formula is C22H20N2O4. The third-order valence-electron chi connectivity index (χ3n) is 4.87. The summed E-state index contributed by atoms with van der Waals surface area (Å²) < 4.78 is 6.81. The average molecular weight is 376 g/mol. The quantitative estimate of drug-likeness (QED) is 0.751. The van der Waals surface area contributed by atoms with Crippen molar-refractivity contribution in [3.05, 3.63) is 75.3 Å². The lowest BCUT2D eigenvalue weighted by Gasteiger charge is -2.18. The minimum absolute atomic E-state index is 0.0670. The van der Waals surface area contributed by atoms with E-state index in [1.165, 1.54) is 16.7 Å². The maximum atomic E-state index is 12.9. The molecule has 2 heterocycles. The minimum atomic E-state index is -1.07. The molecule has 0 aliphatic heterocycles. The molecule has 1 N–H and O–H groups in total. The third-order valence-corrected chi connectivity index (χ3v) is 4.87. The number of fused-ring (bicyclic) bond motifs is 2. The number of hydrogen-bond donors (Lipinski definition) is 1. The molecule has 2 aromatic heterocycles. The van der Waals surface area contributed by atoms with Gasteiger partial charge in [0.05, 0.1) is 17.9 Å². The topological polar surface area (TPSA) is 80.9 Å². The van der Waals surface area contributed by atoms with Gasteiger partial charge in [-0.15, -0.1) is 0 Å². The summed E-state index contributed by atoms with van der Waals surface area (Å²) in [5.41, 5.74) is 3.73. The fraction of sp³-hybridized carbons (Fsp3) is 0.227. The van der Waals surface area contributed by atoms with E-state index in [2.05, 4.69) is 11.1 Å². The van der Waals surface area contributed by atoms with Crippen molar-refractivity contribution < 1.29 is 14.6 Å². The number of carboxylic acids is 1. The molecular weight excluding hydrogens is 356 g/mol. The molecule has 28 heavy (non-hydrogen) atoms. The SMILES string of the molecule is CCOc1ccc(/C=C2/CCCc3c2nc2ccc(C(=O)O)cn2c3=O)cc1. The fourth-order valence-electron chi connectivity index (χ4n) is 3.54. The Hall–Kier alpha value is -3.41. The van der Waals surface area contributed by atoms with E-state index in [9.17, 15) is 14.7 Å². The highest BCUT2D eigenvalue weighted by Gasteiger charge is 2.21. The normalized spacial score (nSPS) is 14.8. The van der Waals surface area contributed by atoms with Crippen molar-refractivity contribution in [1.82, 2.24) is 9.38 Å². The van der Waals surface area contributed by atoms with E-state index < -0.39 is 5.97 Å². The van der Waals surface area contributed by atoms with Crippen LogP contribution in [0, 0.1) is 0 Å². The average Bonchev–Trinajstić information content (AvgIpc) is 2.70. The van der Waals surface area contributed by atoms with Crippen molar-refractivity contribution in [2.75, 3.05) is 6.61 Å². The Morgan fingerprint density at radius 1 is 1.21 bits per heavy atom. The molecule has 142 valence electrons. The maximum absolute atomic E-state index is 12.9. The number of benzene rings is 1. The van der Waals surface area contributed by atoms with E-state index >= 15 is 0 Å². The van der Waals surface area contributed by atoms with Gasteiger partial charge < -0.3 is 9.84 Å². The van der Waals surface area contributed by atoms with Crippen molar-refractivity contribution in [3.8, 4) is 5.75 Å². The predicted molar refractivity (Wildman–Crippen MR) is 107 cm³/mol. The molecule has 0 fully saturated rings. The largest absolute Gasteiger partial charge is 0.494 e. The molecule has 4 rings (SSSR count). The van der Waals surface area contributed by atoms with Crippen molar-refractivity contribution >= 4 is 23.3 Å². The first kappa shape index (κ1) is 18.0. The van der Waals surface area contributed by atoms with Gasteiger partial charge in [-0.1, -0.05) is 12.1 Å². The number of ether oxygens (including phenoxy) is 1. The highest BCUT2D eigenvalue weighted by molar-refractivity contribution is 5.88. The van der Waals surface area contributed by atoms with Crippen LogP contribution in [0.15, 0.2) is 47.4 Å². The Morgan fingerprint density at radius 2 is 2.00 bits per heavy atom. The van der Waals surface area contributed by atoms with E-state index in [-0.39, 0.29) is 11.1 Å². The first-order valence-corrected chi connectivity index (χ1v) is 9.29. The molecule has 0 saturated heterocycles. The van der Waals surface area contributed by atoms with Crippen LogP contribution in [0.25, 0.3) is 17.3 Å². The molecule has 0 saturated carbocycles. The van der Waals surface area contributed by atoms with E-state index in [1.807, 2.05) is 31.2 Å². The number of carbonyl (C=O) groups is 1. The number of rotatable bonds is 4. The Labute approximate surface area is 161 Å². The highest BCUT2D eigenvalue weighted by atomic mass is 16.5. The molecule has 6 nitrogen and oxygen atoms in total. The van der Waals surface area contributed by atoms with Crippen molar-refractivity contribution in [2.24, 2.45) is 0 Å². The second kappa shape index (κ2) is 7.31. The van der Waals surface area contributed by atoms with E-state index in [4.69, 9.17) is 4.74 Å². The standard InChI is InChI=1S/C22H20N2O4/c1-2-28-17-9-6-14(7-10-17)12-15-4-3-5-18-20(15)23-19-11-8-16(22(26)27)13-24(19)21(18)25/h6-13H,2-5H2,1H3,(H,26,27)/b15-12-. The van der Waals surface area contributed by atoms with Gasteiger partial charge in [-0.05, 0) is 67.7 Å². The van der Waals surface area contributed by atoms with Gasteiger partial charge in [-0.25, -0.2) is 9.78 Å². The highest BCUT2D eigenvalue weighted by Crippen LogP contribution is 2.30. The molecule has 1 aromatic carbocycles. The van der Waals surface area contributed by atoms with Crippen LogP contribution in [0.5, 0.6) is 5.75 Å². The van der Waals surface area contributed by atoms with Gasteiger partial charge in [0.1, 0.15) is 11.4 Å². The van der Waals surface area contributed by atoms with Crippen LogP contribution >= 0.6 is 0 Å². The lowest BCUT2D eigenvalue weighted by atomic mass is 9.91. The Balaban J connectivity index is 1.80. The van der Waals surface area contributed by atoms with E-state index in [0.717, 1.165) is 29.7 Å². The third kappa shape index (κ3) is 3.29. The first-order chi connectivity index (χ1) is 13.6. The summed E-state index contributed by atoms with van der Waals surface area (Å²) in [5.74, 6) is -0.243. The Kier molecular flexibility index (Phi) is 4.69. The lowest BCUT2D eigenvalue weighted by Crippen LogP contribution is -2.25. The number of pyridine rings is 1. The summed E-state index contributed by atoms with van der Waals surface area (Å²) in [6.45, 7) is 2.57. The zero-order valence-corrected chi connectivity index (χ0v) is 15.5. The number of nitrogens with zero attached hydrogens (tertiary/aromatic N) is 2. The zero-order valence-electron chi connectivity index (χ0n) is 15.5. The second-order valence-corrected chi connectivity index (χ2v) is 6.72. The Morgan fingerprint density at radius 3 is 2.71 bits per heavy atom. The monoisotopic (exact) mass is 376 g/mol. The first-order valence-electron chi connectivity index (χ1n) is 9.29.